The highest BCUT2D eigenvalue weighted by atomic mass is 19.4. The van der Waals surface area contributed by atoms with Gasteiger partial charge >= 0.3 is 6.18 Å². The first-order chi connectivity index (χ1) is 12.8. The molecule has 1 fully saturated rings. The average molecular weight is 374 g/mol. The van der Waals surface area contributed by atoms with Gasteiger partial charge in [0.2, 0.25) is 5.91 Å². The van der Waals surface area contributed by atoms with Crippen molar-refractivity contribution in [2.24, 2.45) is 0 Å². The first-order valence-electron chi connectivity index (χ1n) is 8.74. The lowest BCUT2D eigenvalue weighted by Gasteiger charge is -2.40. The number of nitrogens with zero attached hydrogens (tertiary/aromatic N) is 2. The number of carbonyl (C=O) groups is 1. The van der Waals surface area contributed by atoms with Crippen LogP contribution in [0, 0.1) is 0 Å². The van der Waals surface area contributed by atoms with Gasteiger partial charge in [-0.25, -0.2) is 0 Å². The second-order valence-corrected chi connectivity index (χ2v) is 6.67. The summed E-state index contributed by atoms with van der Waals surface area (Å²) < 4.78 is 37.9. The third-order valence-corrected chi connectivity index (χ3v) is 4.71. The Morgan fingerprint density at radius 1 is 1.04 bits per heavy atom. The molecule has 1 amide bonds. The fourth-order valence-electron chi connectivity index (χ4n) is 3.19. The second-order valence-electron chi connectivity index (χ2n) is 6.67. The van der Waals surface area contributed by atoms with Gasteiger partial charge in [0.1, 0.15) is 0 Å². The van der Waals surface area contributed by atoms with Crippen LogP contribution in [0.2, 0.25) is 0 Å². The number of piperazine rings is 1. The van der Waals surface area contributed by atoms with Crippen LogP contribution >= 0.6 is 0 Å². The smallest absolute Gasteiger partial charge is 0.330 e. The van der Waals surface area contributed by atoms with Gasteiger partial charge in [0.15, 0.2) is 0 Å². The van der Waals surface area contributed by atoms with E-state index in [1.165, 1.54) is 18.2 Å². The highest BCUT2D eigenvalue weighted by Gasteiger charge is 2.30. The molecule has 0 radical (unpaired) electrons. The molecule has 0 aromatic heterocycles. The molecule has 1 heterocycles. The van der Waals surface area contributed by atoms with Crippen molar-refractivity contribution in [2.75, 3.05) is 26.7 Å². The largest absolute Gasteiger partial charge is 0.416 e. The first kappa shape index (κ1) is 19.2. The molecule has 0 aliphatic carbocycles. The summed E-state index contributed by atoms with van der Waals surface area (Å²) in [6.45, 7) is 2.12. The molecule has 1 atom stereocenters. The zero-order valence-electron chi connectivity index (χ0n) is 15.0. The lowest BCUT2D eigenvalue weighted by atomic mass is 10.0. The standard InChI is InChI=1S/C21H21F3N2O/c1-25-13-14-26(19(15-25)17-5-3-2-4-6-17)20(27)12-9-16-7-10-18(11-8-16)21(22,23)24/h2-12,19H,13-15H2,1H3. The van der Waals surface area contributed by atoms with Crippen LogP contribution in [0.15, 0.2) is 60.7 Å². The molecule has 0 bridgehead atoms. The van der Waals surface area contributed by atoms with Gasteiger partial charge in [0.25, 0.3) is 0 Å². The van der Waals surface area contributed by atoms with Crippen LogP contribution in [0.25, 0.3) is 6.08 Å². The third kappa shape index (κ3) is 4.77. The number of likely N-dealkylation sites (N-methyl/N-ethyl adjacent to an activating group) is 1. The van der Waals surface area contributed by atoms with E-state index in [2.05, 4.69) is 4.90 Å². The Balaban J connectivity index is 1.74. The van der Waals surface area contributed by atoms with Gasteiger partial charge in [0, 0.05) is 25.7 Å². The van der Waals surface area contributed by atoms with E-state index in [0.29, 0.717) is 12.1 Å². The molecule has 0 saturated carbocycles. The number of alkyl halides is 3. The van der Waals surface area contributed by atoms with Crippen molar-refractivity contribution in [3.63, 3.8) is 0 Å². The van der Waals surface area contributed by atoms with Crippen LogP contribution in [0.3, 0.4) is 0 Å². The van der Waals surface area contributed by atoms with Crippen LogP contribution in [-0.2, 0) is 11.0 Å². The van der Waals surface area contributed by atoms with Crippen molar-refractivity contribution in [2.45, 2.75) is 12.2 Å². The average Bonchev–Trinajstić information content (AvgIpc) is 2.66. The SMILES string of the molecule is CN1CCN(C(=O)C=Cc2ccc(C(F)(F)F)cc2)C(c2ccccc2)C1. The van der Waals surface area contributed by atoms with Crippen molar-refractivity contribution >= 4 is 12.0 Å². The van der Waals surface area contributed by atoms with Crippen LogP contribution in [-0.4, -0.2) is 42.4 Å². The van der Waals surface area contributed by atoms with E-state index in [0.717, 1.165) is 30.8 Å². The van der Waals surface area contributed by atoms with Gasteiger partial charge < -0.3 is 9.80 Å². The van der Waals surface area contributed by atoms with Gasteiger partial charge in [-0.2, -0.15) is 13.2 Å². The van der Waals surface area contributed by atoms with Crippen molar-refractivity contribution < 1.29 is 18.0 Å². The highest BCUT2D eigenvalue weighted by molar-refractivity contribution is 5.92. The Bertz CT molecular complexity index is 800. The maximum Gasteiger partial charge on any atom is 0.416 e. The predicted molar refractivity (Wildman–Crippen MR) is 98.9 cm³/mol. The number of rotatable bonds is 3. The highest BCUT2D eigenvalue weighted by Crippen LogP contribution is 2.29. The molecule has 1 aliphatic heterocycles. The summed E-state index contributed by atoms with van der Waals surface area (Å²) in [6.07, 6.45) is -1.37. The van der Waals surface area contributed by atoms with Gasteiger partial charge in [-0.15, -0.1) is 0 Å². The van der Waals surface area contributed by atoms with Crippen LogP contribution in [0.1, 0.15) is 22.7 Å². The Morgan fingerprint density at radius 2 is 1.70 bits per heavy atom. The third-order valence-electron chi connectivity index (χ3n) is 4.71. The molecular formula is C21H21F3N2O. The molecule has 142 valence electrons. The quantitative estimate of drug-likeness (QED) is 0.751. The van der Waals surface area contributed by atoms with Gasteiger partial charge in [-0.3, -0.25) is 4.79 Å². The molecule has 2 aromatic rings. The molecule has 0 N–H and O–H groups in total. The van der Waals surface area contributed by atoms with Crippen molar-refractivity contribution in [3.8, 4) is 0 Å². The monoisotopic (exact) mass is 374 g/mol. The normalized spacial score (nSPS) is 18.8. The van der Waals surface area contributed by atoms with Gasteiger partial charge in [-0.1, -0.05) is 42.5 Å². The van der Waals surface area contributed by atoms with Crippen LogP contribution in [0.4, 0.5) is 13.2 Å². The van der Waals surface area contributed by atoms with Gasteiger partial charge in [-0.05, 0) is 36.4 Å². The summed E-state index contributed by atoms with van der Waals surface area (Å²) in [6, 6.07) is 14.6. The summed E-state index contributed by atoms with van der Waals surface area (Å²) in [5, 5.41) is 0. The lowest BCUT2D eigenvalue weighted by Crippen LogP contribution is -2.48. The first-order valence-corrected chi connectivity index (χ1v) is 8.74. The maximum atomic E-state index is 12.7. The minimum Gasteiger partial charge on any atom is -0.330 e. The number of amides is 1. The molecular weight excluding hydrogens is 353 g/mol. The summed E-state index contributed by atoms with van der Waals surface area (Å²) in [4.78, 5) is 16.7. The Kier molecular flexibility index (Phi) is 5.65. The van der Waals surface area contributed by atoms with E-state index in [1.54, 1.807) is 6.08 Å². The Morgan fingerprint density at radius 3 is 2.33 bits per heavy atom. The fraction of sp³-hybridized carbons (Fsp3) is 0.286. The minimum absolute atomic E-state index is 0.0466. The fourth-order valence-corrected chi connectivity index (χ4v) is 3.19. The topological polar surface area (TPSA) is 23.6 Å². The molecule has 2 aromatic carbocycles. The van der Waals surface area contributed by atoms with Crippen molar-refractivity contribution in [1.29, 1.82) is 0 Å². The Labute approximate surface area is 156 Å². The number of benzene rings is 2. The second kappa shape index (κ2) is 7.96. The lowest BCUT2D eigenvalue weighted by molar-refractivity contribution is -0.137. The van der Waals surface area contributed by atoms with E-state index in [1.807, 2.05) is 42.3 Å². The predicted octanol–water partition coefficient (Wildman–Crippen LogP) is 4.23. The zero-order chi connectivity index (χ0) is 19.4. The molecule has 3 nitrogen and oxygen atoms in total. The Hall–Kier alpha value is -2.60. The minimum atomic E-state index is -4.36. The summed E-state index contributed by atoms with van der Waals surface area (Å²) in [5.74, 6) is -0.142. The number of hydrogen-bond donors (Lipinski definition) is 0. The van der Waals surface area contributed by atoms with E-state index >= 15 is 0 Å². The number of halogens is 3. The molecule has 0 spiro atoms. The number of carbonyl (C=O) groups excluding carboxylic acids is 1. The molecule has 1 aliphatic rings. The van der Waals surface area contributed by atoms with Gasteiger partial charge in [0.05, 0.1) is 11.6 Å². The summed E-state index contributed by atoms with van der Waals surface area (Å²) in [5.41, 5.74) is 0.927. The van der Waals surface area contributed by atoms with E-state index in [9.17, 15) is 18.0 Å². The maximum absolute atomic E-state index is 12.7. The van der Waals surface area contributed by atoms with Crippen LogP contribution < -0.4 is 0 Å². The van der Waals surface area contributed by atoms with E-state index in [4.69, 9.17) is 0 Å². The molecule has 27 heavy (non-hydrogen) atoms. The molecule has 1 saturated heterocycles. The summed E-state index contributed by atoms with van der Waals surface area (Å²) in [7, 11) is 2.02. The zero-order valence-corrected chi connectivity index (χ0v) is 15.0. The molecule has 1 unspecified atom stereocenters. The van der Waals surface area contributed by atoms with Crippen LogP contribution in [0.5, 0.6) is 0 Å². The summed E-state index contributed by atoms with van der Waals surface area (Å²) >= 11 is 0. The van der Waals surface area contributed by atoms with E-state index in [-0.39, 0.29) is 11.9 Å². The van der Waals surface area contributed by atoms with Crippen molar-refractivity contribution in [1.82, 2.24) is 9.80 Å². The van der Waals surface area contributed by atoms with E-state index < -0.39 is 11.7 Å². The number of hydrogen-bond acceptors (Lipinski definition) is 2. The molecule has 3 rings (SSSR count). The molecule has 6 heteroatoms. The van der Waals surface area contributed by atoms with Crippen molar-refractivity contribution in [3.05, 3.63) is 77.4 Å².